The molecule has 0 fully saturated rings. The molecule has 1 radical (unpaired) electrons. The maximum atomic E-state index is 2.33. The van der Waals surface area contributed by atoms with Crippen molar-refractivity contribution < 1.29 is 37.7 Å². The molecule has 0 aromatic carbocycles. The quantitative estimate of drug-likeness (QED) is 0.529. The van der Waals surface area contributed by atoms with E-state index in [1.165, 1.54) is 38.5 Å². The first-order valence-electron chi connectivity index (χ1n) is 6.18. The summed E-state index contributed by atoms with van der Waals surface area (Å²) >= 11 is -0.839. The molecule has 0 aliphatic carbocycles. The maximum absolute atomic E-state index is 2.33. The van der Waals surface area contributed by atoms with Gasteiger partial charge in [0.15, 0.2) is 0 Å². The topological polar surface area (TPSA) is 0 Å². The van der Waals surface area contributed by atoms with Gasteiger partial charge in [-0.1, -0.05) is 0 Å². The van der Waals surface area contributed by atoms with E-state index in [1.54, 1.807) is 13.3 Å². The van der Waals surface area contributed by atoms with Crippen LogP contribution in [0.25, 0.3) is 0 Å². The second-order valence-corrected chi connectivity index (χ2v) is 12.6. The zero-order valence-corrected chi connectivity index (χ0v) is 13.8. The molecule has 0 bridgehead atoms. The molecule has 0 atom stereocenters. The molecule has 0 aliphatic heterocycles. The van der Waals surface area contributed by atoms with Crippen LogP contribution >= 0.6 is 0 Å². The number of hydrogen-bond acceptors (Lipinski definition) is 0. The largest absolute Gasteiger partial charge is 0 e. The van der Waals surface area contributed by atoms with Crippen molar-refractivity contribution in [1.29, 1.82) is 0 Å². The van der Waals surface area contributed by atoms with Crippen LogP contribution in [0.3, 0.4) is 0 Å². The summed E-state index contributed by atoms with van der Waals surface area (Å²) in [5.74, 6) is 0. The molecule has 0 saturated carbocycles. The molecule has 0 rings (SSSR count). The molecule has 87 valence electrons. The first-order chi connectivity index (χ1) is 6.35. The van der Waals surface area contributed by atoms with Gasteiger partial charge in [-0.2, -0.15) is 0 Å². The molecule has 0 unspecified atom stereocenters. The average molecular weight is 330 g/mol. The molecule has 0 aliphatic rings. The number of rotatable bonds is 9. The standard InChI is InChI=1S/3C4H9.Ar.Sn/c3*1-3-4-2;;/h3*1,3-4H2,2H3;;. The van der Waals surface area contributed by atoms with Gasteiger partial charge in [0.1, 0.15) is 0 Å². The van der Waals surface area contributed by atoms with E-state index in [4.69, 9.17) is 0 Å². The Morgan fingerprint density at radius 3 is 1.14 bits per heavy atom. The van der Waals surface area contributed by atoms with Crippen molar-refractivity contribution >= 4 is 19.8 Å². The minimum Gasteiger partial charge on any atom is 0 e. The summed E-state index contributed by atoms with van der Waals surface area (Å²) in [7, 11) is 0. The summed E-state index contributed by atoms with van der Waals surface area (Å²) in [6.07, 6.45) is 8.85. The monoisotopic (exact) mass is 331 g/mol. The fraction of sp³-hybridized carbons (Fsp3) is 1.00. The molecule has 0 amide bonds. The van der Waals surface area contributed by atoms with Crippen LogP contribution in [0, 0.1) is 37.7 Å². The average Bonchev–Trinajstić information content (AvgIpc) is 2.17. The molecule has 0 N–H and O–H groups in total. The van der Waals surface area contributed by atoms with Gasteiger partial charge in [-0.15, -0.1) is 0 Å². The minimum absolute atomic E-state index is 0. The first kappa shape index (κ1) is 18.4. The van der Waals surface area contributed by atoms with Gasteiger partial charge in [-0.3, -0.25) is 0 Å². The third kappa shape index (κ3) is 12.1. The summed E-state index contributed by atoms with van der Waals surface area (Å²) in [5.41, 5.74) is 0. The maximum Gasteiger partial charge on any atom is 0 e. The molecule has 0 aromatic rings. The van der Waals surface area contributed by atoms with Gasteiger partial charge < -0.3 is 0 Å². The minimum atomic E-state index is -0.839. The second kappa shape index (κ2) is 15.1. The molecular formula is C12H27ArSn. The Hall–Kier alpha value is 2.06. The van der Waals surface area contributed by atoms with Crippen LogP contribution in [0.15, 0.2) is 0 Å². The van der Waals surface area contributed by atoms with E-state index in [1.807, 2.05) is 0 Å². The van der Waals surface area contributed by atoms with Gasteiger partial charge in [0, 0.05) is 37.7 Å². The zero-order valence-electron chi connectivity index (χ0n) is 10.2. The van der Waals surface area contributed by atoms with Gasteiger partial charge in [0.2, 0.25) is 0 Å². The normalized spacial score (nSPS) is 10.3. The Kier molecular flexibility index (Phi) is 19.8. The fourth-order valence-electron chi connectivity index (χ4n) is 1.66. The van der Waals surface area contributed by atoms with Crippen molar-refractivity contribution in [3.63, 3.8) is 0 Å². The number of unbranched alkanes of at least 4 members (excludes halogenated alkanes) is 3. The molecule has 0 spiro atoms. The van der Waals surface area contributed by atoms with Crippen LogP contribution in [0.2, 0.25) is 13.3 Å². The molecule has 14 heavy (non-hydrogen) atoms. The Morgan fingerprint density at radius 2 is 0.929 bits per heavy atom. The van der Waals surface area contributed by atoms with Gasteiger partial charge >= 0.3 is 92.4 Å². The summed E-state index contributed by atoms with van der Waals surface area (Å²) < 4.78 is 5.04. The van der Waals surface area contributed by atoms with Crippen molar-refractivity contribution in [2.75, 3.05) is 0 Å². The van der Waals surface area contributed by atoms with Crippen LogP contribution in [-0.4, -0.2) is 19.8 Å². The fourth-order valence-corrected chi connectivity index (χ4v) is 11.1. The smallest absolute Gasteiger partial charge is 0 e. The molecule has 0 nitrogen and oxygen atoms in total. The summed E-state index contributed by atoms with van der Waals surface area (Å²) in [6.45, 7) is 7.00. The van der Waals surface area contributed by atoms with Gasteiger partial charge in [-0.05, 0) is 0 Å². The molecule has 0 heterocycles. The predicted molar refractivity (Wildman–Crippen MR) is 64.9 cm³/mol. The van der Waals surface area contributed by atoms with Crippen molar-refractivity contribution in [2.24, 2.45) is 0 Å². The van der Waals surface area contributed by atoms with Crippen LogP contribution in [0.4, 0.5) is 0 Å². The Balaban J connectivity index is 0. The number of hydrogen-bond donors (Lipinski definition) is 0. The molecule has 0 aromatic heterocycles. The molecular weight excluding hydrogens is 303 g/mol. The van der Waals surface area contributed by atoms with Crippen LogP contribution in [0.5, 0.6) is 0 Å². The SMILES string of the molecule is CCC[CH2][Sn]([CH2]CCC)[CH2]CCC.[Ar]. The van der Waals surface area contributed by atoms with Crippen molar-refractivity contribution in [1.82, 2.24) is 0 Å². The summed E-state index contributed by atoms with van der Waals surface area (Å²) in [4.78, 5) is 0. The predicted octanol–water partition coefficient (Wildman–Crippen LogP) is 4.88. The third-order valence-electron chi connectivity index (χ3n) is 2.65. The third-order valence-corrected chi connectivity index (χ3v) is 11.7. The molecule has 2 heteroatoms. The van der Waals surface area contributed by atoms with Crippen LogP contribution < -0.4 is 0 Å². The van der Waals surface area contributed by atoms with E-state index in [0.29, 0.717) is 0 Å². The summed E-state index contributed by atoms with van der Waals surface area (Å²) in [6, 6.07) is 0. The zero-order chi connectivity index (χ0) is 9.94. The van der Waals surface area contributed by atoms with E-state index in [2.05, 4.69) is 20.8 Å². The Labute approximate surface area is 128 Å². The Morgan fingerprint density at radius 1 is 0.643 bits per heavy atom. The van der Waals surface area contributed by atoms with E-state index in [9.17, 15) is 0 Å². The van der Waals surface area contributed by atoms with E-state index in [-0.39, 0.29) is 37.7 Å². The second-order valence-electron chi connectivity index (χ2n) is 4.06. The molecule has 0 saturated heterocycles. The van der Waals surface area contributed by atoms with E-state index in [0.717, 1.165) is 0 Å². The van der Waals surface area contributed by atoms with E-state index < -0.39 is 19.8 Å². The Bertz CT molecular complexity index is 77.3. The van der Waals surface area contributed by atoms with Crippen LogP contribution in [-0.2, 0) is 0 Å². The van der Waals surface area contributed by atoms with Gasteiger partial charge in [0.05, 0.1) is 0 Å². The first-order valence-corrected chi connectivity index (χ1v) is 12.2. The van der Waals surface area contributed by atoms with Gasteiger partial charge in [-0.25, -0.2) is 0 Å². The van der Waals surface area contributed by atoms with Crippen molar-refractivity contribution in [2.45, 2.75) is 72.6 Å². The summed E-state index contributed by atoms with van der Waals surface area (Å²) in [5, 5.41) is 0. The van der Waals surface area contributed by atoms with E-state index >= 15 is 0 Å². The van der Waals surface area contributed by atoms with Crippen molar-refractivity contribution in [3.05, 3.63) is 0 Å². The van der Waals surface area contributed by atoms with Crippen molar-refractivity contribution in [3.8, 4) is 0 Å². The van der Waals surface area contributed by atoms with Crippen LogP contribution in [0.1, 0.15) is 59.3 Å². The van der Waals surface area contributed by atoms with Gasteiger partial charge in [0.25, 0.3) is 0 Å².